The van der Waals surface area contributed by atoms with Crippen molar-refractivity contribution in [1.82, 2.24) is 15.1 Å². The largest absolute Gasteiger partial charge is 0.493 e. The Kier molecular flexibility index (Phi) is 4.37. The molecule has 2 heterocycles. The second-order valence-corrected chi connectivity index (χ2v) is 5.51. The molecule has 8 heteroatoms. The number of halogens is 2. The summed E-state index contributed by atoms with van der Waals surface area (Å²) in [6, 6.07) is 6.39. The van der Waals surface area contributed by atoms with Gasteiger partial charge in [0.05, 0.1) is 13.2 Å². The summed E-state index contributed by atoms with van der Waals surface area (Å²) in [7, 11) is 3.02. The average molecular weight is 337 g/mol. The topological polar surface area (TPSA) is 65.4 Å². The number of ether oxygens (including phenoxy) is 2. The lowest BCUT2D eigenvalue weighted by Gasteiger charge is -2.27. The van der Waals surface area contributed by atoms with Gasteiger partial charge >= 0.3 is 0 Å². The van der Waals surface area contributed by atoms with E-state index in [4.69, 9.17) is 9.47 Å². The average Bonchev–Trinajstić information content (AvgIpc) is 2.96. The third-order valence-corrected chi connectivity index (χ3v) is 3.87. The van der Waals surface area contributed by atoms with E-state index in [0.29, 0.717) is 17.9 Å². The van der Waals surface area contributed by atoms with Crippen molar-refractivity contribution in [3.05, 3.63) is 41.2 Å². The van der Waals surface area contributed by atoms with Crippen molar-refractivity contribution in [2.75, 3.05) is 13.7 Å². The third kappa shape index (κ3) is 3.04. The summed E-state index contributed by atoms with van der Waals surface area (Å²) < 4.78 is 37.4. The van der Waals surface area contributed by atoms with Gasteiger partial charge in [0.1, 0.15) is 18.0 Å². The number of carbonyl (C=O) groups is 1. The molecule has 24 heavy (non-hydrogen) atoms. The van der Waals surface area contributed by atoms with Crippen LogP contribution in [0.3, 0.4) is 0 Å². The number of nitrogens with one attached hydrogen (secondary N) is 1. The van der Waals surface area contributed by atoms with Gasteiger partial charge in [0, 0.05) is 12.6 Å². The number of fused-ring (bicyclic) bond motifs is 1. The maximum atomic E-state index is 12.7. The Morgan fingerprint density at radius 3 is 2.96 bits per heavy atom. The number of rotatable bonds is 4. The first-order valence-corrected chi connectivity index (χ1v) is 7.41. The van der Waals surface area contributed by atoms with E-state index in [1.54, 1.807) is 13.2 Å². The highest BCUT2D eigenvalue weighted by Crippen LogP contribution is 2.34. The molecule has 0 radical (unpaired) electrons. The third-order valence-electron chi connectivity index (χ3n) is 3.87. The smallest absolute Gasteiger partial charge is 0.282 e. The first kappa shape index (κ1) is 16.2. The van der Waals surface area contributed by atoms with Gasteiger partial charge in [0.15, 0.2) is 11.5 Å². The Balaban J connectivity index is 1.72. The number of nitrogens with zero attached hydrogens (tertiary/aromatic N) is 2. The van der Waals surface area contributed by atoms with Gasteiger partial charge in [-0.25, -0.2) is 8.78 Å². The van der Waals surface area contributed by atoms with Crippen LogP contribution in [0.4, 0.5) is 8.78 Å². The highest BCUT2D eigenvalue weighted by Gasteiger charge is 2.26. The molecular formula is C16H17F2N3O3. The predicted octanol–water partition coefficient (Wildman–Crippen LogP) is 2.10. The van der Waals surface area contributed by atoms with E-state index in [2.05, 4.69) is 10.4 Å². The minimum absolute atomic E-state index is 0.0849. The number of alkyl halides is 2. The molecule has 128 valence electrons. The van der Waals surface area contributed by atoms with Crippen molar-refractivity contribution in [1.29, 1.82) is 0 Å². The minimum atomic E-state index is -2.71. The highest BCUT2D eigenvalue weighted by atomic mass is 19.3. The summed E-state index contributed by atoms with van der Waals surface area (Å²) in [5, 5.41) is 6.44. The molecule has 0 bridgehead atoms. The highest BCUT2D eigenvalue weighted by molar-refractivity contribution is 5.93. The molecule has 2 aromatic rings. The first-order chi connectivity index (χ1) is 11.5. The van der Waals surface area contributed by atoms with Crippen molar-refractivity contribution in [2.45, 2.75) is 18.9 Å². The number of carbonyl (C=O) groups excluding carboxylic acids is 1. The zero-order chi connectivity index (χ0) is 17.3. The van der Waals surface area contributed by atoms with Gasteiger partial charge < -0.3 is 14.8 Å². The fourth-order valence-corrected chi connectivity index (χ4v) is 2.72. The van der Waals surface area contributed by atoms with Crippen LogP contribution < -0.4 is 14.8 Å². The van der Waals surface area contributed by atoms with E-state index in [0.717, 1.165) is 16.3 Å². The maximum absolute atomic E-state index is 12.7. The summed E-state index contributed by atoms with van der Waals surface area (Å²) in [5.74, 6) is 0.855. The van der Waals surface area contributed by atoms with Gasteiger partial charge in [-0.2, -0.15) is 5.10 Å². The molecular weight excluding hydrogens is 320 g/mol. The van der Waals surface area contributed by atoms with Gasteiger partial charge in [-0.05, 0) is 18.6 Å². The molecule has 0 saturated carbocycles. The Hall–Kier alpha value is -2.64. The van der Waals surface area contributed by atoms with Gasteiger partial charge in [-0.3, -0.25) is 9.48 Å². The maximum Gasteiger partial charge on any atom is 0.282 e. The van der Waals surface area contributed by atoms with Crippen LogP contribution in [0.15, 0.2) is 24.3 Å². The number of hydrogen-bond acceptors (Lipinski definition) is 4. The van der Waals surface area contributed by atoms with E-state index in [1.165, 1.54) is 7.05 Å². The molecule has 0 fully saturated rings. The molecule has 0 unspecified atom stereocenters. The lowest BCUT2D eigenvalue weighted by Crippen LogP contribution is -2.43. The lowest BCUT2D eigenvalue weighted by molar-refractivity contribution is 0.0905. The monoisotopic (exact) mass is 337 g/mol. The molecule has 1 atom stereocenters. The second kappa shape index (κ2) is 6.46. The normalized spacial score (nSPS) is 16.5. The van der Waals surface area contributed by atoms with Crippen molar-refractivity contribution in [2.24, 2.45) is 7.05 Å². The van der Waals surface area contributed by atoms with Crippen molar-refractivity contribution in [3.63, 3.8) is 0 Å². The van der Waals surface area contributed by atoms with Crippen molar-refractivity contribution < 1.29 is 23.0 Å². The summed E-state index contributed by atoms with van der Waals surface area (Å²) in [4.78, 5) is 12.3. The van der Waals surface area contributed by atoms with Crippen LogP contribution in [0.2, 0.25) is 0 Å². The number of amides is 1. The van der Waals surface area contributed by atoms with E-state index in [9.17, 15) is 13.6 Å². The van der Waals surface area contributed by atoms with Gasteiger partial charge in [0.25, 0.3) is 12.3 Å². The van der Waals surface area contributed by atoms with Crippen molar-refractivity contribution >= 4 is 5.91 Å². The Bertz CT molecular complexity index is 761. The van der Waals surface area contributed by atoms with Crippen LogP contribution in [0.5, 0.6) is 11.5 Å². The molecule has 1 amide bonds. The van der Waals surface area contributed by atoms with E-state index < -0.39 is 18.0 Å². The zero-order valence-corrected chi connectivity index (χ0v) is 13.3. The van der Waals surface area contributed by atoms with E-state index in [-0.39, 0.29) is 18.3 Å². The van der Waals surface area contributed by atoms with Crippen LogP contribution in [-0.4, -0.2) is 35.4 Å². The standard InChI is InChI=1S/C16H17F2N3O3/c1-21-12(7-11(20-21)15(17)18)16(22)19-10-6-9-4-3-5-13(23-2)14(9)24-8-10/h3-5,7,10,15H,6,8H2,1-2H3,(H,19,22)/t10-/m0/s1. The number of aromatic nitrogens is 2. The molecule has 0 aliphatic carbocycles. The number of benzene rings is 1. The quantitative estimate of drug-likeness (QED) is 0.928. The van der Waals surface area contributed by atoms with Gasteiger partial charge in [-0.15, -0.1) is 0 Å². The lowest BCUT2D eigenvalue weighted by atomic mass is 10.0. The predicted molar refractivity (Wildman–Crippen MR) is 81.6 cm³/mol. The van der Waals surface area contributed by atoms with Crippen LogP contribution in [-0.2, 0) is 13.5 Å². The SMILES string of the molecule is COc1cccc2c1OC[C@@H](NC(=O)c1cc(C(F)F)nn1C)C2. The van der Waals surface area contributed by atoms with Crippen LogP contribution in [0, 0.1) is 0 Å². The summed E-state index contributed by atoms with van der Waals surface area (Å²) >= 11 is 0. The van der Waals surface area contributed by atoms with Gasteiger partial charge in [0.2, 0.25) is 0 Å². The number of aryl methyl sites for hydroxylation is 1. The summed E-state index contributed by atoms with van der Waals surface area (Å²) in [6.07, 6.45) is -2.15. The van der Waals surface area contributed by atoms with Crippen LogP contribution in [0.25, 0.3) is 0 Å². The van der Waals surface area contributed by atoms with Crippen LogP contribution >= 0.6 is 0 Å². The Morgan fingerprint density at radius 2 is 2.29 bits per heavy atom. The molecule has 1 aliphatic rings. The molecule has 3 rings (SSSR count). The molecule has 1 aromatic heterocycles. The molecule has 0 spiro atoms. The second-order valence-electron chi connectivity index (χ2n) is 5.51. The molecule has 6 nitrogen and oxygen atoms in total. The number of methoxy groups -OCH3 is 1. The Morgan fingerprint density at radius 1 is 1.50 bits per heavy atom. The summed E-state index contributed by atoms with van der Waals surface area (Å²) in [5.41, 5.74) is 0.587. The van der Waals surface area contributed by atoms with Gasteiger partial charge in [-0.1, -0.05) is 12.1 Å². The molecule has 1 N–H and O–H groups in total. The number of hydrogen-bond donors (Lipinski definition) is 1. The zero-order valence-electron chi connectivity index (χ0n) is 13.3. The van der Waals surface area contributed by atoms with E-state index in [1.807, 2.05) is 12.1 Å². The number of para-hydroxylation sites is 1. The van der Waals surface area contributed by atoms with Crippen molar-refractivity contribution in [3.8, 4) is 11.5 Å². The first-order valence-electron chi connectivity index (χ1n) is 7.41. The minimum Gasteiger partial charge on any atom is -0.493 e. The van der Waals surface area contributed by atoms with Crippen LogP contribution in [0.1, 0.15) is 28.2 Å². The summed E-state index contributed by atoms with van der Waals surface area (Å²) in [6.45, 7) is 0.276. The molecule has 0 saturated heterocycles. The molecule has 1 aliphatic heterocycles. The molecule has 1 aromatic carbocycles. The fourth-order valence-electron chi connectivity index (χ4n) is 2.72. The van der Waals surface area contributed by atoms with E-state index >= 15 is 0 Å². The Labute approximate surface area is 137 Å². The fraction of sp³-hybridized carbons (Fsp3) is 0.375.